The molecule has 11 heteroatoms. The zero-order valence-electron chi connectivity index (χ0n) is 21.2. The average molecular weight is 651 g/mol. The summed E-state index contributed by atoms with van der Waals surface area (Å²) in [7, 11) is -6.69. The van der Waals surface area contributed by atoms with Crippen molar-refractivity contribution < 1.29 is 86.0 Å². The first-order valence-corrected chi connectivity index (χ1v) is 14.3. The van der Waals surface area contributed by atoms with Gasteiger partial charge in [-0.05, 0) is 30.8 Å². The first-order valence-electron chi connectivity index (χ1n) is 10.6. The Labute approximate surface area is 236 Å². The molecule has 32 heavy (non-hydrogen) atoms. The third kappa shape index (κ3) is 10.3. The molecule has 2 unspecified atom stereocenters. The van der Waals surface area contributed by atoms with Gasteiger partial charge >= 0.3 is 6.18 Å². The third-order valence-corrected chi connectivity index (χ3v) is 10.6. The number of hydrogen-bond donors (Lipinski definition) is 2. The molecule has 0 aliphatic carbocycles. The molecule has 1 aromatic carbocycles. The Bertz CT molecular complexity index is 1080. The van der Waals surface area contributed by atoms with Crippen LogP contribution in [0.15, 0.2) is 53.9 Å². The van der Waals surface area contributed by atoms with Gasteiger partial charge in [0, 0.05) is 62.6 Å². The van der Waals surface area contributed by atoms with Gasteiger partial charge in [-0.2, -0.15) is 13.2 Å². The minimum atomic E-state index is -4.94. The number of halogens is 3. The van der Waals surface area contributed by atoms with E-state index in [0.29, 0.717) is 5.30 Å². The van der Waals surface area contributed by atoms with Crippen molar-refractivity contribution in [3.8, 4) is 0 Å². The fraction of sp³-hybridized carbons (Fsp3) is 0.429. The number of aliphatic hydroxyl groups is 2. The molecule has 0 saturated heterocycles. The van der Waals surface area contributed by atoms with Crippen molar-refractivity contribution in [2.45, 2.75) is 38.2 Å². The van der Waals surface area contributed by atoms with Crippen molar-refractivity contribution >= 4 is 36.7 Å². The van der Waals surface area contributed by atoms with Crippen LogP contribution < -0.4 is 5.30 Å². The van der Waals surface area contributed by atoms with Crippen LogP contribution in [0.25, 0.3) is 5.76 Å². The van der Waals surface area contributed by atoms with Crippen LogP contribution >= 0.6 is 25.6 Å². The smallest absolute Gasteiger partial charge is 0.418 e. The van der Waals surface area contributed by atoms with E-state index in [2.05, 4.69) is 0 Å². The van der Waals surface area contributed by atoms with Crippen LogP contribution in [-0.2, 0) is 9.13 Å². The van der Waals surface area contributed by atoms with E-state index in [4.69, 9.17) is 9.22 Å². The van der Waals surface area contributed by atoms with Gasteiger partial charge in [0.05, 0.1) is 19.2 Å². The van der Waals surface area contributed by atoms with Crippen LogP contribution in [0.5, 0.6) is 0 Å². The molecule has 2 N–H and O–H groups in total. The van der Waals surface area contributed by atoms with Crippen LogP contribution in [0.4, 0.5) is 13.2 Å². The molecule has 0 spiro atoms. The van der Waals surface area contributed by atoms with Crippen molar-refractivity contribution in [1.82, 2.24) is 0 Å². The van der Waals surface area contributed by atoms with Crippen molar-refractivity contribution in [2.24, 2.45) is 0 Å². The summed E-state index contributed by atoms with van der Waals surface area (Å²) in [6.07, 6.45) is -7.90. The van der Waals surface area contributed by atoms with Gasteiger partial charge in [-0.1, -0.05) is 57.2 Å². The van der Waals surface area contributed by atoms with Crippen molar-refractivity contribution in [2.75, 3.05) is 19.2 Å². The normalized spacial score (nSPS) is 17.7. The average Bonchev–Trinajstić information content (AvgIpc) is 3.25. The Morgan fingerprint density at radius 2 is 1.69 bits per heavy atom. The third-order valence-electron chi connectivity index (χ3n) is 3.78. The van der Waals surface area contributed by atoms with Crippen LogP contribution in [0, 0.1) is 49.4 Å². The van der Waals surface area contributed by atoms with E-state index in [0.717, 1.165) is 11.3 Å². The maximum absolute atomic E-state index is 13.6. The minimum Gasteiger partial charge on any atom is -0.507 e. The minimum absolute atomic E-state index is 0. The molecule has 0 saturated carbocycles. The monoisotopic (exact) mass is 652 g/mol. The topological polar surface area (TPSA) is 74.6 Å². The fourth-order valence-electron chi connectivity index (χ4n) is 2.27. The molecule has 1 aromatic heterocycles. The summed E-state index contributed by atoms with van der Waals surface area (Å²) in [5, 5.41) is 19.2. The second-order valence-electron chi connectivity index (χ2n) is 7.98. The predicted octanol–water partition coefficient (Wildman–Crippen LogP) is 6.62. The summed E-state index contributed by atoms with van der Waals surface area (Å²) in [4.78, 5) is 0.114. The first kappa shape index (κ1) is 26.9. The molecule has 0 amide bonds. The van der Waals surface area contributed by atoms with E-state index < -0.39 is 49.4 Å². The molecule has 1 radical (unpaired) electrons. The van der Waals surface area contributed by atoms with E-state index in [1.807, 2.05) is 0 Å². The number of aliphatic hydroxyl groups excluding tert-OH is 2. The molecule has 4 nitrogen and oxygen atoms in total. The predicted molar refractivity (Wildman–Crippen MR) is 125 cm³/mol. The summed E-state index contributed by atoms with van der Waals surface area (Å²) in [5.41, 5.74) is 0. The van der Waals surface area contributed by atoms with Crippen LogP contribution in [0.2, 0.25) is 0 Å². The largest absolute Gasteiger partial charge is 0.507 e. The summed E-state index contributed by atoms with van der Waals surface area (Å²) in [6.45, 7) is 7.97. The van der Waals surface area contributed by atoms with E-state index in [1.54, 1.807) is 56.5 Å². The molecule has 2 rings (SSSR count). The molecular weight excluding hydrogens is 619 g/mol. The molecule has 181 valence electrons. The SMILES string of the molecule is [2H]/C(=C(/O)c1cccs1)C(O)C(F)(F)F.[2H]C([2H])(P(C)(C)=O)P(=O)(c1ccccc1)C(C)(C)C.[Eu]. The molecular formula is C21H29EuF3O4P2S. The Hall–Kier alpha value is 0.254. The maximum atomic E-state index is 13.6. The van der Waals surface area contributed by atoms with Crippen molar-refractivity contribution in [1.29, 1.82) is 0 Å². The van der Waals surface area contributed by atoms with Gasteiger partial charge < -0.3 is 19.3 Å². The zero-order valence-corrected chi connectivity index (χ0v) is 23.3. The summed E-state index contributed by atoms with van der Waals surface area (Å²) >= 11 is 0.981. The summed E-state index contributed by atoms with van der Waals surface area (Å²) in [5.74, 6) is -3.06. The Morgan fingerprint density at radius 1 is 1.16 bits per heavy atom. The number of benzene rings is 1. The van der Waals surface area contributed by atoms with Crippen LogP contribution in [0.3, 0.4) is 0 Å². The Kier molecular flexibility index (Phi) is 10.8. The Morgan fingerprint density at radius 3 is 2.06 bits per heavy atom. The number of alkyl halides is 3. The van der Waals surface area contributed by atoms with Crippen molar-refractivity contribution in [3.05, 3.63) is 58.8 Å². The van der Waals surface area contributed by atoms with Gasteiger partial charge in [0.25, 0.3) is 0 Å². The molecule has 2 aromatic rings. The summed E-state index contributed by atoms with van der Waals surface area (Å²) < 4.78 is 85.4. The van der Waals surface area contributed by atoms with Gasteiger partial charge in [0.1, 0.15) is 12.9 Å². The molecule has 0 aliphatic rings. The van der Waals surface area contributed by atoms with E-state index in [9.17, 15) is 27.4 Å². The molecule has 1 heterocycles. The van der Waals surface area contributed by atoms with Gasteiger partial charge in [-0.15, -0.1) is 11.3 Å². The number of rotatable bonds is 5. The molecule has 0 aliphatic heterocycles. The van der Waals surface area contributed by atoms with Gasteiger partial charge in [0.2, 0.25) is 0 Å². The quantitative estimate of drug-likeness (QED) is 0.282. The van der Waals surface area contributed by atoms with Gasteiger partial charge in [0.15, 0.2) is 6.10 Å². The maximum Gasteiger partial charge on any atom is 0.418 e. The molecule has 2 atom stereocenters. The van der Waals surface area contributed by atoms with Crippen LogP contribution in [-0.4, -0.2) is 46.8 Å². The number of hydrogen-bond acceptors (Lipinski definition) is 5. The zero-order chi connectivity index (χ0) is 26.8. The van der Waals surface area contributed by atoms with Crippen molar-refractivity contribution in [3.63, 3.8) is 0 Å². The second-order valence-corrected chi connectivity index (χ2v) is 15.5. The number of thiophene rings is 1. The van der Waals surface area contributed by atoms with E-state index in [1.165, 1.54) is 25.5 Å². The van der Waals surface area contributed by atoms with Gasteiger partial charge in [-0.25, -0.2) is 0 Å². The fourth-order valence-corrected chi connectivity index (χ4v) is 8.64. The standard InChI is InChI=1S/C13H22O2P2.C8H7F3O2S.Eu/c1-13(2,3)17(15,11-16(4,5)14)12-9-7-6-8-10-12;9-8(10,11)7(13)4-5(12)6-2-1-3-14-6;/h6-10H,11H2,1-5H3;1-4,7,12-13H;/b;5-4-;/i11D2;4D;. The first-order chi connectivity index (χ1) is 15.2. The van der Waals surface area contributed by atoms with E-state index in [-0.39, 0.29) is 54.3 Å². The second kappa shape index (κ2) is 12.8. The van der Waals surface area contributed by atoms with Crippen LogP contribution in [0.1, 0.15) is 29.8 Å². The summed E-state index contributed by atoms with van der Waals surface area (Å²) in [6, 6.07) is 10.2. The molecule has 0 fully saturated rings. The van der Waals surface area contributed by atoms with Gasteiger partial charge in [-0.3, -0.25) is 0 Å². The Balaban J connectivity index is 0.000000659. The van der Waals surface area contributed by atoms with E-state index >= 15 is 0 Å². The molecule has 0 bridgehead atoms.